The minimum absolute atomic E-state index is 0.109. The first-order valence-corrected chi connectivity index (χ1v) is 5.40. The average molecular weight is 244 g/mol. The van der Waals surface area contributed by atoms with Crippen LogP contribution in [0.4, 0.5) is 0 Å². The predicted molar refractivity (Wildman–Crippen MR) is 57.0 cm³/mol. The highest BCUT2D eigenvalue weighted by Crippen LogP contribution is 1.94. The van der Waals surface area contributed by atoms with Crippen molar-refractivity contribution in [2.24, 2.45) is 0 Å². The number of ether oxygens (including phenoxy) is 2. The molecular weight excluding hydrogens is 228 g/mol. The second kappa shape index (κ2) is 6.97. The zero-order chi connectivity index (χ0) is 12.7. The van der Waals surface area contributed by atoms with Crippen LogP contribution in [0.2, 0.25) is 0 Å². The number of nitrogens with zero attached hydrogens (tertiary/aromatic N) is 1. The van der Waals surface area contributed by atoms with Gasteiger partial charge in [0.1, 0.15) is 6.61 Å². The average Bonchev–Trinajstić information content (AvgIpc) is 2.23. The molecule has 0 atom stereocenters. The second-order valence-corrected chi connectivity index (χ2v) is 3.54. The SMILES string of the molecule is CCOC(=O)COCCN1CC(=O)NC(=O)C1. The Bertz CT molecular complexity index is 289. The van der Waals surface area contributed by atoms with Crippen LogP contribution in [0.15, 0.2) is 0 Å². The van der Waals surface area contributed by atoms with E-state index in [-0.39, 0.29) is 38.1 Å². The number of carbonyl (C=O) groups is 3. The monoisotopic (exact) mass is 244 g/mol. The molecule has 2 amide bonds. The standard InChI is InChI=1S/C10H16N2O5/c1-2-17-10(15)7-16-4-3-12-5-8(13)11-9(14)6-12/h2-7H2,1H3,(H,11,13,14). The predicted octanol–water partition coefficient (Wildman–Crippen LogP) is -1.48. The van der Waals surface area contributed by atoms with Crippen LogP contribution in [0.3, 0.4) is 0 Å². The van der Waals surface area contributed by atoms with E-state index in [4.69, 9.17) is 4.74 Å². The van der Waals surface area contributed by atoms with E-state index < -0.39 is 5.97 Å². The highest BCUT2D eigenvalue weighted by atomic mass is 16.6. The summed E-state index contributed by atoms with van der Waals surface area (Å²) in [6.45, 7) is 2.99. The van der Waals surface area contributed by atoms with E-state index in [9.17, 15) is 14.4 Å². The third-order valence-corrected chi connectivity index (χ3v) is 2.09. The van der Waals surface area contributed by atoms with Crippen LogP contribution >= 0.6 is 0 Å². The van der Waals surface area contributed by atoms with Gasteiger partial charge in [-0.15, -0.1) is 0 Å². The number of carbonyl (C=O) groups excluding carboxylic acids is 3. The lowest BCUT2D eigenvalue weighted by atomic mass is 10.3. The third kappa shape index (κ3) is 5.41. The zero-order valence-electron chi connectivity index (χ0n) is 9.73. The Morgan fingerprint density at radius 1 is 1.35 bits per heavy atom. The summed E-state index contributed by atoms with van der Waals surface area (Å²) in [6, 6.07) is 0. The number of hydrogen-bond acceptors (Lipinski definition) is 6. The van der Waals surface area contributed by atoms with Crippen molar-refractivity contribution in [2.45, 2.75) is 6.92 Å². The first kappa shape index (κ1) is 13.6. The van der Waals surface area contributed by atoms with E-state index in [2.05, 4.69) is 10.1 Å². The molecule has 7 nitrogen and oxygen atoms in total. The summed E-state index contributed by atoms with van der Waals surface area (Å²) in [7, 11) is 0. The molecule has 0 aromatic rings. The van der Waals surface area contributed by atoms with E-state index in [1.807, 2.05) is 0 Å². The quantitative estimate of drug-likeness (QED) is 0.348. The molecule has 1 saturated heterocycles. The van der Waals surface area contributed by atoms with Gasteiger partial charge in [0.05, 0.1) is 26.3 Å². The van der Waals surface area contributed by atoms with Gasteiger partial charge < -0.3 is 9.47 Å². The lowest BCUT2D eigenvalue weighted by molar-refractivity contribution is -0.149. The number of imide groups is 1. The van der Waals surface area contributed by atoms with Crippen LogP contribution in [-0.4, -0.2) is 62.1 Å². The van der Waals surface area contributed by atoms with E-state index in [0.717, 1.165) is 0 Å². The number of amides is 2. The Balaban J connectivity index is 2.12. The van der Waals surface area contributed by atoms with Gasteiger partial charge in [0.25, 0.3) is 0 Å². The van der Waals surface area contributed by atoms with E-state index >= 15 is 0 Å². The summed E-state index contributed by atoms with van der Waals surface area (Å²) in [5.41, 5.74) is 0. The molecule has 0 aromatic carbocycles. The van der Waals surface area contributed by atoms with Gasteiger partial charge in [-0.25, -0.2) is 4.79 Å². The molecule has 7 heteroatoms. The second-order valence-electron chi connectivity index (χ2n) is 3.54. The van der Waals surface area contributed by atoms with Gasteiger partial charge in [-0.2, -0.15) is 0 Å². The summed E-state index contributed by atoms with van der Waals surface area (Å²) in [4.78, 5) is 34.6. The Morgan fingerprint density at radius 2 is 2.00 bits per heavy atom. The molecule has 0 aromatic heterocycles. The molecule has 0 radical (unpaired) electrons. The van der Waals surface area contributed by atoms with E-state index in [1.54, 1.807) is 11.8 Å². The third-order valence-electron chi connectivity index (χ3n) is 2.09. The van der Waals surface area contributed by atoms with Crippen LogP contribution < -0.4 is 5.32 Å². The topological polar surface area (TPSA) is 84.9 Å². The molecule has 0 saturated carbocycles. The first-order valence-electron chi connectivity index (χ1n) is 5.40. The Morgan fingerprint density at radius 3 is 2.59 bits per heavy atom. The fourth-order valence-electron chi connectivity index (χ4n) is 1.41. The largest absolute Gasteiger partial charge is 0.464 e. The van der Waals surface area contributed by atoms with Gasteiger partial charge in [-0.05, 0) is 6.92 Å². The molecule has 17 heavy (non-hydrogen) atoms. The van der Waals surface area contributed by atoms with Crippen LogP contribution in [0.1, 0.15) is 6.92 Å². The molecule has 1 fully saturated rings. The van der Waals surface area contributed by atoms with Crippen molar-refractivity contribution in [1.82, 2.24) is 10.2 Å². The molecule has 1 aliphatic heterocycles. The van der Waals surface area contributed by atoms with Gasteiger partial charge in [0.2, 0.25) is 11.8 Å². The number of hydrogen-bond donors (Lipinski definition) is 1. The summed E-state index contributed by atoms with van der Waals surface area (Å²) in [6.07, 6.45) is 0. The maximum Gasteiger partial charge on any atom is 0.332 e. The minimum Gasteiger partial charge on any atom is -0.464 e. The van der Waals surface area contributed by atoms with Crippen molar-refractivity contribution in [2.75, 3.05) is 39.5 Å². The van der Waals surface area contributed by atoms with Gasteiger partial charge in [-0.3, -0.25) is 19.8 Å². The minimum atomic E-state index is -0.417. The molecular formula is C10H16N2O5. The zero-order valence-corrected chi connectivity index (χ0v) is 9.73. The normalized spacial score (nSPS) is 16.8. The molecule has 0 unspecified atom stereocenters. The van der Waals surface area contributed by atoms with Crippen LogP contribution in [0.25, 0.3) is 0 Å². The highest BCUT2D eigenvalue weighted by molar-refractivity contribution is 5.99. The fraction of sp³-hybridized carbons (Fsp3) is 0.700. The smallest absolute Gasteiger partial charge is 0.332 e. The van der Waals surface area contributed by atoms with Crippen LogP contribution in [0.5, 0.6) is 0 Å². The van der Waals surface area contributed by atoms with Crippen molar-refractivity contribution in [3.05, 3.63) is 0 Å². The van der Waals surface area contributed by atoms with Gasteiger partial charge in [0, 0.05) is 6.54 Å². The van der Waals surface area contributed by atoms with Gasteiger partial charge in [0.15, 0.2) is 0 Å². The van der Waals surface area contributed by atoms with E-state index in [1.165, 1.54) is 0 Å². The number of esters is 1. The molecule has 0 spiro atoms. The van der Waals surface area contributed by atoms with Crippen LogP contribution in [-0.2, 0) is 23.9 Å². The van der Waals surface area contributed by atoms with Crippen molar-refractivity contribution >= 4 is 17.8 Å². The molecule has 96 valence electrons. The molecule has 0 bridgehead atoms. The number of rotatable bonds is 6. The van der Waals surface area contributed by atoms with E-state index in [0.29, 0.717) is 13.2 Å². The Labute approximate surface area is 99.0 Å². The molecule has 1 N–H and O–H groups in total. The number of nitrogens with one attached hydrogen (secondary N) is 1. The lowest BCUT2D eigenvalue weighted by Gasteiger charge is -2.24. The maximum absolute atomic E-state index is 11.0. The summed E-state index contributed by atoms with van der Waals surface area (Å²) in [5, 5.41) is 2.20. The lowest BCUT2D eigenvalue weighted by Crippen LogP contribution is -2.52. The van der Waals surface area contributed by atoms with Gasteiger partial charge >= 0.3 is 5.97 Å². The Hall–Kier alpha value is -1.47. The highest BCUT2D eigenvalue weighted by Gasteiger charge is 2.21. The Kier molecular flexibility index (Phi) is 5.58. The molecule has 1 heterocycles. The molecule has 1 aliphatic rings. The summed E-state index contributed by atoms with van der Waals surface area (Å²) >= 11 is 0. The van der Waals surface area contributed by atoms with Crippen molar-refractivity contribution in [3.8, 4) is 0 Å². The molecule has 0 aliphatic carbocycles. The fourth-order valence-corrected chi connectivity index (χ4v) is 1.41. The van der Waals surface area contributed by atoms with Crippen molar-refractivity contribution in [1.29, 1.82) is 0 Å². The molecule has 1 rings (SSSR count). The first-order chi connectivity index (χ1) is 8.11. The summed E-state index contributed by atoms with van der Waals surface area (Å²) in [5.74, 6) is -1.04. The van der Waals surface area contributed by atoms with Crippen molar-refractivity contribution in [3.63, 3.8) is 0 Å². The number of piperazine rings is 1. The van der Waals surface area contributed by atoms with Gasteiger partial charge in [-0.1, -0.05) is 0 Å². The summed E-state index contributed by atoms with van der Waals surface area (Å²) < 4.78 is 9.73. The van der Waals surface area contributed by atoms with Crippen LogP contribution in [0, 0.1) is 0 Å². The maximum atomic E-state index is 11.0. The van der Waals surface area contributed by atoms with Crippen molar-refractivity contribution < 1.29 is 23.9 Å².